The zero-order valence-corrected chi connectivity index (χ0v) is 43.7. The number of aromatic nitrogens is 5. The van der Waals surface area contributed by atoms with Crippen molar-refractivity contribution in [3.8, 4) is 73.7 Å². The molecule has 394 valence electrons. The lowest BCUT2D eigenvalue weighted by molar-refractivity contribution is 0.0998. The number of aliphatic imine (C=N–C) groups is 3. The topological polar surface area (TPSA) is 265 Å². The van der Waals surface area contributed by atoms with E-state index in [4.69, 9.17) is 18.9 Å². The van der Waals surface area contributed by atoms with Crippen LogP contribution < -0.4 is 18.9 Å². The lowest BCUT2D eigenvalue weighted by Crippen LogP contribution is -2.15. The summed E-state index contributed by atoms with van der Waals surface area (Å²) in [7, 11) is 0. The fourth-order valence-electron chi connectivity index (χ4n) is 10.6. The number of fused-ring (bicyclic) bond motifs is 7. The first-order chi connectivity index (χ1) is 39.1. The molecule has 0 saturated heterocycles. The van der Waals surface area contributed by atoms with Gasteiger partial charge >= 0.3 is 0 Å². The number of hydrogen-bond acceptors (Lipinski definition) is 12. The number of carbonyl (C=O) groups is 3. The smallest absolute Gasteiger partial charge is 0.280 e. The van der Waals surface area contributed by atoms with Gasteiger partial charge in [0, 0.05) is 56.1 Å². The maximum atomic E-state index is 12.8. The number of carbonyl (C=O) groups excluding carboxylic acids is 3. The number of hydrogen-bond donors (Lipinski definition) is 8. The van der Waals surface area contributed by atoms with Crippen LogP contribution in [0.25, 0.3) is 54.9 Å². The minimum atomic E-state index is -0.422. The van der Waals surface area contributed by atoms with Gasteiger partial charge in [0.05, 0.1) is 71.6 Å². The molecule has 0 atom stereocenters. The predicted octanol–water partition coefficient (Wildman–Crippen LogP) is 11.3. The molecular weight excluding hydrogens is 1060 g/mol. The lowest BCUT2D eigenvalue weighted by atomic mass is 9.99. The second-order valence-electron chi connectivity index (χ2n) is 19.0. The molecule has 0 unspecified atom stereocenters. The molecule has 0 aliphatic carbocycles. The van der Waals surface area contributed by atoms with E-state index < -0.39 is 5.91 Å². The predicted molar refractivity (Wildman–Crippen MR) is 304 cm³/mol. The average molecular weight is 1100 g/mol. The number of benzene rings is 4. The highest BCUT2D eigenvalue weighted by Crippen LogP contribution is 2.51. The van der Waals surface area contributed by atoms with E-state index in [1.165, 1.54) is 28.2 Å². The van der Waals surface area contributed by atoms with Crippen molar-refractivity contribution in [2.45, 2.75) is 13.3 Å². The molecule has 80 heavy (non-hydrogen) atoms. The highest BCUT2D eigenvalue weighted by molar-refractivity contribution is 7.14. The molecule has 7 aromatic heterocycles. The highest BCUT2D eigenvalue weighted by Gasteiger charge is 2.39. The average Bonchev–Trinajstić information content (AvgIpc) is 4.32. The zero-order valence-electron chi connectivity index (χ0n) is 42.0. The van der Waals surface area contributed by atoms with Crippen LogP contribution >= 0.6 is 22.7 Å². The quantitative estimate of drug-likeness (QED) is 0.0748. The number of nitrogens with zero attached hydrogens (tertiary/aromatic N) is 3. The van der Waals surface area contributed by atoms with Crippen molar-refractivity contribution >= 4 is 79.3 Å². The molecular formula is C60H42N8O10S2. The minimum absolute atomic E-state index is 0.0204. The number of H-pyrrole nitrogens is 5. The summed E-state index contributed by atoms with van der Waals surface area (Å²) in [6.07, 6.45) is 4.68. The third-order valence-electron chi connectivity index (χ3n) is 14.3. The van der Waals surface area contributed by atoms with Gasteiger partial charge in [-0.2, -0.15) is 0 Å². The molecule has 8 N–H and O–H groups in total. The SMILES string of the molecule is CCc1ccc(C2=NC(=O)c3c(-c4ccccc4)[nH]c(O)c32)cc1.O=C1N=C(c2ccc3[nH]ccc3c2)c2c(O)[nH]c(-c3ccc4[nH]ccc4c3)c21.O=C1N=C(c2scc3c2OCCO3)c2c(O)[nH]c(-c3scc4c3OCCO4)c21. The molecule has 16 rings (SSSR count). The normalized spacial score (nSPS) is 14.5. The molecule has 5 aliphatic heterocycles. The Hall–Kier alpha value is -10.2. The Kier molecular flexibility index (Phi) is 11.5. The first kappa shape index (κ1) is 48.2. The summed E-state index contributed by atoms with van der Waals surface area (Å²) >= 11 is 2.75. The summed E-state index contributed by atoms with van der Waals surface area (Å²) in [5.41, 5.74) is 12.1. The molecule has 3 amide bonds. The van der Waals surface area contributed by atoms with Crippen molar-refractivity contribution in [1.82, 2.24) is 24.9 Å². The van der Waals surface area contributed by atoms with Crippen LogP contribution in [0.4, 0.5) is 0 Å². The number of aromatic hydroxyl groups is 3. The maximum absolute atomic E-state index is 12.8. The molecule has 5 aliphatic rings. The van der Waals surface area contributed by atoms with Gasteiger partial charge in [-0.15, -0.1) is 22.7 Å². The Morgan fingerprint density at radius 2 is 0.938 bits per heavy atom. The molecule has 0 bridgehead atoms. The fourth-order valence-corrected chi connectivity index (χ4v) is 12.5. The molecule has 0 radical (unpaired) electrons. The Morgan fingerprint density at radius 1 is 0.475 bits per heavy atom. The number of nitrogens with one attached hydrogen (secondary N) is 5. The summed E-state index contributed by atoms with van der Waals surface area (Å²) < 4.78 is 22.6. The summed E-state index contributed by atoms with van der Waals surface area (Å²) in [4.78, 5) is 67.2. The van der Waals surface area contributed by atoms with Gasteiger partial charge in [0.1, 0.15) is 32.1 Å². The zero-order chi connectivity index (χ0) is 54.3. The Morgan fingerprint density at radius 3 is 1.54 bits per heavy atom. The van der Waals surface area contributed by atoms with Gasteiger partial charge in [0.2, 0.25) is 0 Å². The third kappa shape index (κ3) is 7.90. The van der Waals surface area contributed by atoms with E-state index in [0.717, 1.165) is 50.5 Å². The van der Waals surface area contributed by atoms with Crippen LogP contribution in [0.5, 0.6) is 40.6 Å². The second-order valence-corrected chi connectivity index (χ2v) is 20.7. The number of aromatic amines is 5. The van der Waals surface area contributed by atoms with Crippen LogP contribution in [0.1, 0.15) is 76.3 Å². The van der Waals surface area contributed by atoms with E-state index in [-0.39, 0.29) is 29.5 Å². The highest BCUT2D eigenvalue weighted by atomic mass is 32.1. The molecule has 20 heteroatoms. The van der Waals surface area contributed by atoms with E-state index in [0.29, 0.717) is 127 Å². The van der Waals surface area contributed by atoms with Crippen LogP contribution in [-0.2, 0) is 6.42 Å². The van der Waals surface area contributed by atoms with E-state index >= 15 is 0 Å². The second kappa shape index (κ2) is 19.1. The van der Waals surface area contributed by atoms with Crippen molar-refractivity contribution < 1.29 is 48.7 Å². The number of thiophene rings is 2. The molecule has 18 nitrogen and oxygen atoms in total. The van der Waals surface area contributed by atoms with Crippen molar-refractivity contribution in [3.05, 3.63) is 181 Å². The lowest BCUT2D eigenvalue weighted by Gasteiger charge is -2.16. The molecule has 0 saturated carbocycles. The fraction of sp³-hybridized carbons (Fsp3) is 0.100. The van der Waals surface area contributed by atoms with Gasteiger partial charge in [-0.1, -0.05) is 73.7 Å². The molecule has 11 aromatic rings. The maximum Gasteiger partial charge on any atom is 0.280 e. The Labute approximate surface area is 460 Å². The van der Waals surface area contributed by atoms with E-state index in [1.807, 2.05) is 126 Å². The summed E-state index contributed by atoms with van der Waals surface area (Å²) in [5, 5.41) is 37.3. The van der Waals surface area contributed by atoms with Crippen molar-refractivity contribution in [2.75, 3.05) is 26.4 Å². The number of amides is 3. The molecule has 0 spiro atoms. The van der Waals surface area contributed by atoms with Crippen LogP contribution in [0, 0.1) is 0 Å². The first-order valence-electron chi connectivity index (χ1n) is 25.4. The molecule has 0 fully saturated rings. The van der Waals surface area contributed by atoms with Gasteiger partial charge in [0.25, 0.3) is 17.7 Å². The van der Waals surface area contributed by atoms with Gasteiger partial charge in [-0.25, -0.2) is 15.0 Å². The minimum Gasteiger partial charge on any atom is -0.494 e. The van der Waals surface area contributed by atoms with Gasteiger partial charge in [0.15, 0.2) is 40.6 Å². The number of aryl methyl sites for hydroxylation is 1. The third-order valence-corrected chi connectivity index (χ3v) is 16.2. The van der Waals surface area contributed by atoms with Crippen molar-refractivity contribution in [2.24, 2.45) is 15.0 Å². The summed E-state index contributed by atoms with van der Waals surface area (Å²) in [6, 6.07) is 33.0. The molecule has 4 aromatic carbocycles. The Bertz CT molecular complexity index is 4470. The molecule has 12 heterocycles. The van der Waals surface area contributed by atoms with Crippen LogP contribution in [-0.4, -0.2) is 102 Å². The van der Waals surface area contributed by atoms with E-state index in [1.54, 1.807) is 0 Å². The summed E-state index contributed by atoms with van der Waals surface area (Å²) in [6.45, 7) is 3.90. The largest absolute Gasteiger partial charge is 0.494 e. The first-order valence-corrected chi connectivity index (χ1v) is 27.2. The van der Waals surface area contributed by atoms with Gasteiger partial charge in [-0.3, -0.25) is 14.4 Å². The monoisotopic (exact) mass is 1100 g/mol. The summed E-state index contributed by atoms with van der Waals surface area (Å²) in [5.74, 6) is 1.12. The van der Waals surface area contributed by atoms with Gasteiger partial charge in [-0.05, 0) is 59.5 Å². The Balaban J connectivity index is 0.000000109. The van der Waals surface area contributed by atoms with Crippen molar-refractivity contribution in [3.63, 3.8) is 0 Å². The van der Waals surface area contributed by atoms with Crippen LogP contribution in [0.15, 0.2) is 141 Å². The van der Waals surface area contributed by atoms with Gasteiger partial charge < -0.3 is 59.2 Å². The van der Waals surface area contributed by atoms with Crippen LogP contribution in [0.3, 0.4) is 0 Å². The van der Waals surface area contributed by atoms with E-state index in [2.05, 4.69) is 46.8 Å². The van der Waals surface area contributed by atoms with Crippen LogP contribution in [0.2, 0.25) is 0 Å². The van der Waals surface area contributed by atoms with Crippen molar-refractivity contribution in [1.29, 1.82) is 0 Å². The number of rotatable bonds is 7. The number of ether oxygens (including phenoxy) is 4. The van der Waals surface area contributed by atoms with E-state index in [9.17, 15) is 29.7 Å². The standard InChI is InChI=1S/C22H14N4O2.C20H16N2O2.C18H12N2O6S2/c27-21-17-18(20(26-21)14-2-4-16-12(10-14)6-8-24-16)22(28)25-19(17)13-1-3-15-11(9-13)5-7-23-15;1-2-12-8-10-14(11-9-12)18-16-15(19(23)22-18)17(21-20(16)24)13-6-4-3-5-7-13;21-17-9-10(12(20-17)16-14-8(6-28-16)24-2-4-26-14)18(22)19-11(9)15-13-7(5-27-15)23-1-3-25-13/h1-10,23-25,28H;3-11,21,24H,2H2,1H3;5-6,19,22H,1-4H2.